The van der Waals surface area contributed by atoms with E-state index in [1.807, 2.05) is 24.6 Å². The number of H-pyrrole nitrogens is 1. The van der Waals surface area contributed by atoms with Crippen LogP contribution in [0.25, 0.3) is 11.0 Å². The molecule has 62 valence electrons. The number of rotatable bonds is 0. The molecule has 0 unspecified atom stereocenters. The van der Waals surface area contributed by atoms with Crippen LogP contribution < -0.4 is 4.57 Å². The first kappa shape index (κ1) is 7.55. The number of nitrogens with one attached hydrogen (secondary N) is 1. The molecule has 0 fully saturated rings. The van der Waals surface area contributed by atoms with Gasteiger partial charge in [0.2, 0.25) is 17.1 Å². The molecule has 2 aromatic rings. The summed E-state index contributed by atoms with van der Waals surface area (Å²) in [5.41, 5.74) is 2.10. The van der Waals surface area contributed by atoms with Crippen molar-refractivity contribution in [2.24, 2.45) is 7.05 Å². The molecular formula is C8H9ClN3+. The van der Waals surface area contributed by atoms with Crippen LogP contribution in [-0.2, 0) is 7.05 Å². The lowest BCUT2D eigenvalue weighted by atomic mass is 10.4. The predicted molar refractivity (Wildman–Crippen MR) is 47.0 cm³/mol. The van der Waals surface area contributed by atoms with E-state index in [9.17, 15) is 0 Å². The highest BCUT2D eigenvalue weighted by Crippen LogP contribution is 2.17. The molecule has 2 rings (SSSR count). The predicted octanol–water partition coefficient (Wildman–Crippen LogP) is 1.35. The highest BCUT2D eigenvalue weighted by molar-refractivity contribution is 6.33. The van der Waals surface area contributed by atoms with E-state index in [1.165, 1.54) is 0 Å². The van der Waals surface area contributed by atoms with E-state index >= 15 is 0 Å². The second-order valence-electron chi connectivity index (χ2n) is 2.86. The van der Waals surface area contributed by atoms with Crippen LogP contribution in [0.4, 0.5) is 0 Å². The maximum Gasteiger partial charge on any atom is 0.237 e. The molecule has 0 aliphatic heterocycles. The summed E-state index contributed by atoms with van der Waals surface area (Å²) in [6.07, 6.45) is 1.70. The van der Waals surface area contributed by atoms with Gasteiger partial charge in [0.15, 0.2) is 0 Å². The smallest absolute Gasteiger partial charge is 0.237 e. The van der Waals surface area contributed by atoms with E-state index in [1.54, 1.807) is 6.33 Å². The fraction of sp³-hybridized carbons (Fsp3) is 0.250. The summed E-state index contributed by atoms with van der Waals surface area (Å²) >= 11 is 5.90. The molecule has 0 saturated carbocycles. The molecule has 3 nitrogen and oxygen atoms in total. The quantitative estimate of drug-likeness (QED) is 0.484. The first-order valence-corrected chi connectivity index (χ1v) is 4.06. The molecule has 0 aromatic carbocycles. The highest BCUT2D eigenvalue weighted by Gasteiger charge is 2.11. The number of halogens is 1. The Balaban J connectivity index is 2.93. The third-order valence-electron chi connectivity index (χ3n) is 1.85. The van der Waals surface area contributed by atoms with Crippen LogP contribution in [0.5, 0.6) is 0 Å². The Bertz CT molecular complexity index is 394. The van der Waals surface area contributed by atoms with Crippen molar-refractivity contribution in [3.8, 4) is 0 Å². The summed E-state index contributed by atoms with van der Waals surface area (Å²) in [5.74, 6) is 0. The molecule has 0 aliphatic carbocycles. The van der Waals surface area contributed by atoms with Crippen molar-refractivity contribution < 1.29 is 4.57 Å². The number of hydrogen-bond acceptors (Lipinski definition) is 1. The molecule has 2 heterocycles. The Hall–Kier alpha value is -1.09. The molecule has 0 bridgehead atoms. The van der Waals surface area contributed by atoms with Crippen molar-refractivity contribution in [1.29, 1.82) is 0 Å². The molecule has 12 heavy (non-hydrogen) atoms. The SMILES string of the molecule is Cc1cc2c(Cl)nc[n+](C)c2[nH]1. The third-order valence-corrected chi connectivity index (χ3v) is 2.15. The van der Waals surface area contributed by atoms with E-state index in [-0.39, 0.29) is 0 Å². The summed E-state index contributed by atoms with van der Waals surface area (Å²) in [6, 6.07) is 1.99. The van der Waals surface area contributed by atoms with Crippen molar-refractivity contribution in [2.45, 2.75) is 6.92 Å². The average Bonchev–Trinajstić information content (AvgIpc) is 2.41. The van der Waals surface area contributed by atoms with E-state index in [4.69, 9.17) is 11.6 Å². The van der Waals surface area contributed by atoms with Gasteiger partial charge in [-0.25, -0.2) is 4.57 Å². The summed E-state index contributed by atoms with van der Waals surface area (Å²) < 4.78 is 1.91. The summed E-state index contributed by atoms with van der Waals surface area (Å²) in [7, 11) is 1.93. The summed E-state index contributed by atoms with van der Waals surface area (Å²) in [4.78, 5) is 7.23. The fourth-order valence-corrected chi connectivity index (χ4v) is 1.46. The van der Waals surface area contributed by atoms with Gasteiger partial charge >= 0.3 is 0 Å². The standard InChI is InChI=1S/C8H8ClN3/c1-5-3-6-7(9)10-4-12(2)8(6)11-5/h3-4H,1-2H3/p+1. The zero-order valence-electron chi connectivity index (χ0n) is 6.93. The highest BCUT2D eigenvalue weighted by atomic mass is 35.5. The van der Waals surface area contributed by atoms with E-state index < -0.39 is 0 Å². The Morgan fingerprint density at radius 1 is 1.58 bits per heavy atom. The lowest BCUT2D eigenvalue weighted by Crippen LogP contribution is -2.29. The topological polar surface area (TPSA) is 32.6 Å². The number of nitrogens with zero attached hydrogens (tertiary/aromatic N) is 2. The van der Waals surface area contributed by atoms with E-state index in [0.29, 0.717) is 5.15 Å². The minimum absolute atomic E-state index is 0.549. The molecular weight excluding hydrogens is 174 g/mol. The van der Waals surface area contributed by atoms with Gasteiger partial charge in [-0.3, -0.25) is 4.98 Å². The Morgan fingerprint density at radius 3 is 3.00 bits per heavy atom. The van der Waals surface area contributed by atoms with Crippen LogP contribution >= 0.6 is 11.6 Å². The molecule has 0 radical (unpaired) electrons. The largest absolute Gasteiger partial charge is 0.277 e. The molecule has 0 spiro atoms. The second-order valence-corrected chi connectivity index (χ2v) is 3.22. The van der Waals surface area contributed by atoms with Gasteiger partial charge in [-0.1, -0.05) is 4.98 Å². The van der Waals surface area contributed by atoms with Gasteiger partial charge in [0.05, 0.1) is 12.7 Å². The van der Waals surface area contributed by atoms with Crippen LogP contribution in [0.15, 0.2) is 12.4 Å². The van der Waals surface area contributed by atoms with E-state index in [0.717, 1.165) is 16.7 Å². The Kier molecular flexibility index (Phi) is 1.54. The van der Waals surface area contributed by atoms with Gasteiger partial charge in [0.1, 0.15) is 5.39 Å². The van der Waals surface area contributed by atoms with Crippen LogP contribution in [0.1, 0.15) is 5.69 Å². The average molecular weight is 183 g/mol. The minimum Gasteiger partial charge on any atom is -0.277 e. The van der Waals surface area contributed by atoms with Crippen molar-refractivity contribution >= 4 is 22.6 Å². The molecule has 4 heteroatoms. The van der Waals surface area contributed by atoms with Crippen LogP contribution in [0.2, 0.25) is 5.15 Å². The van der Waals surface area contributed by atoms with Crippen molar-refractivity contribution in [1.82, 2.24) is 9.97 Å². The fourth-order valence-electron chi connectivity index (χ4n) is 1.28. The molecule has 0 saturated heterocycles. The van der Waals surface area contributed by atoms with E-state index in [2.05, 4.69) is 9.97 Å². The van der Waals surface area contributed by atoms with Crippen molar-refractivity contribution in [3.05, 3.63) is 23.2 Å². The maximum atomic E-state index is 5.90. The Labute approximate surface area is 75.0 Å². The number of fused-ring (bicyclic) bond motifs is 1. The van der Waals surface area contributed by atoms with Gasteiger partial charge in [-0.2, -0.15) is 0 Å². The zero-order chi connectivity index (χ0) is 8.72. The second kappa shape index (κ2) is 2.45. The van der Waals surface area contributed by atoms with Gasteiger partial charge in [0.25, 0.3) is 0 Å². The summed E-state index contributed by atoms with van der Waals surface area (Å²) in [5, 5.41) is 1.52. The van der Waals surface area contributed by atoms with Gasteiger partial charge < -0.3 is 0 Å². The molecule has 0 amide bonds. The lowest BCUT2D eigenvalue weighted by Gasteiger charge is -1.91. The first-order chi connectivity index (χ1) is 5.68. The van der Waals surface area contributed by atoms with Gasteiger partial charge in [-0.05, 0) is 24.6 Å². The van der Waals surface area contributed by atoms with Crippen molar-refractivity contribution in [3.63, 3.8) is 0 Å². The molecule has 0 atom stereocenters. The van der Waals surface area contributed by atoms with Gasteiger partial charge in [0, 0.05) is 0 Å². The maximum absolute atomic E-state index is 5.90. The van der Waals surface area contributed by atoms with Gasteiger partial charge in [-0.15, -0.1) is 0 Å². The Morgan fingerprint density at radius 2 is 2.33 bits per heavy atom. The van der Waals surface area contributed by atoms with Crippen molar-refractivity contribution in [2.75, 3.05) is 0 Å². The van der Waals surface area contributed by atoms with Crippen LogP contribution in [-0.4, -0.2) is 9.97 Å². The lowest BCUT2D eigenvalue weighted by molar-refractivity contribution is -0.649. The molecule has 2 aromatic heterocycles. The first-order valence-electron chi connectivity index (χ1n) is 3.68. The number of aromatic amines is 1. The monoisotopic (exact) mass is 182 g/mol. The third kappa shape index (κ3) is 0.975. The normalized spacial score (nSPS) is 10.9. The summed E-state index contributed by atoms with van der Waals surface area (Å²) in [6.45, 7) is 2.00. The molecule has 0 aliphatic rings. The number of hydrogen-bond donors (Lipinski definition) is 1. The van der Waals surface area contributed by atoms with Crippen LogP contribution in [0, 0.1) is 6.92 Å². The number of aromatic nitrogens is 3. The minimum atomic E-state index is 0.549. The van der Waals surface area contributed by atoms with Crippen LogP contribution in [0.3, 0.4) is 0 Å². The number of aryl methyl sites for hydroxylation is 2. The molecule has 1 N–H and O–H groups in total. The zero-order valence-corrected chi connectivity index (χ0v) is 7.68.